The average molecular weight is 280 g/mol. The largest absolute Gasteiger partial charge is 0.322 e. The van der Waals surface area contributed by atoms with E-state index in [4.69, 9.17) is 11.6 Å². The summed E-state index contributed by atoms with van der Waals surface area (Å²) in [6, 6.07) is 7.16. The van der Waals surface area contributed by atoms with Crippen LogP contribution in [0.25, 0.3) is 0 Å². The minimum atomic E-state index is -0.0913. The molecule has 1 aromatic carbocycles. The van der Waals surface area contributed by atoms with E-state index >= 15 is 0 Å². The lowest BCUT2D eigenvalue weighted by molar-refractivity contribution is 0.156. The second-order valence-corrected chi connectivity index (χ2v) is 4.89. The molecule has 0 unspecified atom stereocenters. The molecular weight excluding hydrogens is 262 g/mol. The summed E-state index contributed by atoms with van der Waals surface area (Å²) in [6.07, 6.45) is 1.89. The standard InChI is InChI=1S/C14H18ClN3O/c1-2-7-17-8-10-18(11-9-17)14(19)16-13-6-4-3-5-12(13)15/h2-6H,1,7-11H2,(H,16,19). The molecule has 0 aliphatic carbocycles. The van der Waals surface area contributed by atoms with Crippen LogP contribution in [-0.4, -0.2) is 48.6 Å². The highest BCUT2D eigenvalue weighted by molar-refractivity contribution is 6.33. The van der Waals surface area contributed by atoms with Gasteiger partial charge < -0.3 is 10.2 Å². The van der Waals surface area contributed by atoms with Gasteiger partial charge in [-0.1, -0.05) is 29.8 Å². The molecule has 0 bridgehead atoms. The van der Waals surface area contributed by atoms with Crippen LogP contribution < -0.4 is 5.32 Å². The number of nitrogens with zero attached hydrogens (tertiary/aromatic N) is 2. The third-order valence-corrected chi connectivity index (χ3v) is 3.49. The molecule has 0 saturated carbocycles. The molecule has 2 rings (SSSR count). The topological polar surface area (TPSA) is 35.6 Å². The van der Waals surface area contributed by atoms with Gasteiger partial charge in [0.2, 0.25) is 0 Å². The van der Waals surface area contributed by atoms with E-state index in [-0.39, 0.29) is 6.03 Å². The molecule has 5 heteroatoms. The van der Waals surface area contributed by atoms with E-state index in [0.29, 0.717) is 10.7 Å². The van der Waals surface area contributed by atoms with Gasteiger partial charge in [-0.15, -0.1) is 6.58 Å². The Hall–Kier alpha value is -1.52. The maximum atomic E-state index is 12.1. The third kappa shape index (κ3) is 3.72. The maximum Gasteiger partial charge on any atom is 0.321 e. The van der Waals surface area contributed by atoms with Gasteiger partial charge in [0.05, 0.1) is 10.7 Å². The van der Waals surface area contributed by atoms with Crippen molar-refractivity contribution in [2.45, 2.75) is 0 Å². The number of anilines is 1. The number of halogens is 1. The molecule has 19 heavy (non-hydrogen) atoms. The predicted octanol–water partition coefficient (Wildman–Crippen LogP) is 2.68. The number of carbonyl (C=O) groups excluding carboxylic acids is 1. The van der Waals surface area contributed by atoms with Crippen molar-refractivity contribution >= 4 is 23.3 Å². The SMILES string of the molecule is C=CCN1CCN(C(=O)Nc2ccccc2Cl)CC1. The summed E-state index contributed by atoms with van der Waals surface area (Å²) >= 11 is 6.02. The zero-order valence-corrected chi connectivity index (χ0v) is 11.6. The van der Waals surface area contributed by atoms with Crippen molar-refractivity contribution in [3.8, 4) is 0 Å². The summed E-state index contributed by atoms with van der Waals surface area (Å²) in [6.45, 7) is 7.81. The number of hydrogen-bond donors (Lipinski definition) is 1. The Kier molecular flexibility index (Phi) is 4.82. The quantitative estimate of drug-likeness (QED) is 0.864. The Balaban J connectivity index is 1.88. The minimum Gasteiger partial charge on any atom is -0.322 e. The number of urea groups is 1. The second kappa shape index (κ2) is 6.59. The van der Waals surface area contributed by atoms with Crippen LogP contribution in [0.3, 0.4) is 0 Å². The summed E-state index contributed by atoms with van der Waals surface area (Å²) in [5, 5.41) is 3.40. The van der Waals surface area contributed by atoms with Gasteiger partial charge in [-0.2, -0.15) is 0 Å². The Morgan fingerprint density at radius 3 is 2.63 bits per heavy atom. The number of nitrogens with one attached hydrogen (secondary N) is 1. The van der Waals surface area contributed by atoms with Crippen molar-refractivity contribution in [2.75, 3.05) is 38.0 Å². The first-order valence-corrected chi connectivity index (χ1v) is 6.72. The Morgan fingerprint density at radius 2 is 2.00 bits per heavy atom. The van der Waals surface area contributed by atoms with Gasteiger partial charge in [0.15, 0.2) is 0 Å². The molecule has 1 heterocycles. The van der Waals surface area contributed by atoms with Gasteiger partial charge >= 0.3 is 6.03 Å². The number of hydrogen-bond acceptors (Lipinski definition) is 2. The van der Waals surface area contributed by atoms with E-state index in [1.54, 1.807) is 12.1 Å². The molecule has 0 radical (unpaired) electrons. The average Bonchev–Trinajstić information content (AvgIpc) is 2.42. The summed E-state index contributed by atoms with van der Waals surface area (Å²) in [5.41, 5.74) is 0.655. The maximum absolute atomic E-state index is 12.1. The van der Waals surface area contributed by atoms with Crippen LogP contribution in [0.5, 0.6) is 0 Å². The molecule has 1 aliphatic heterocycles. The number of benzene rings is 1. The number of rotatable bonds is 3. The summed E-state index contributed by atoms with van der Waals surface area (Å²) in [5.74, 6) is 0. The van der Waals surface area contributed by atoms with Crippen molar-refractivity contribution < 1.29 is 4.79 Å². The molecule has 102 valence electrons. The van der Waals surface area contributed by atoms with Gasteiger partial charge in [-0.05, 0) is 12.1 Å². The molecular formula is C14H18ClN3O. The number of carbonyl (C=O) groups is 1. The summed E-state index contributed by atoms with van der Waals surface area (Å²) in [4.78, 5) is 16.2. The van der Waals surface area contributed by atoms with Crippen LogP contribution in [0.1, 0.15) is 0 Å². The third-order valence-electron chi connectivity index (χ3n) is 3.16. The number of para-hydroxylation sites is 1. The summed E-state index contributed by atoms with van der Waals surface area (Å²) < 4.78 is 0. The van der Waals surface area contributed by atoms with E-state index < -0.39 is 0 Å². The lowest BCUT2D eigenvalue weighted by atomic mass is 10.3. The first-order chi connectivity index (χ1) is 9.20. The zero-order valence-electron chi connectivity index (χ0n) is 10.8. The number of amides is 2. The van der Waals surface area contributed by atoms with Crippen LogP contribution in [0.4, 0.5) is 10.5 Å². The zero-order chi connectivity index (χ0) is 13.7. The second-order valence-electron chi connectivity index (χ2n) is 4.49. The van der Waals surface area contributed by atoms with Gasteiger partial charge in [-0.3, -0.25) is 4.90 Å². The van der Waals surface area contributed by atoms with Crippen molar-refractivity contribution in [1.29, 1.82) is 0 Å². The van der Waals surface area contributed by atoms with Crippen molar-refractivity contribution in [3.05, 3.63) is 41.9 Å². The molecule has 1 aliphatic rings. The van der Waals surface area contributed by atoms with Gasteiger partial charge in [-0.25, -0.2) is 4.79 Å². The van der Waals surface area contributed by atoms with Crippen molar-refractivity contribution in [1.82, 2.24) is 9.80 Å². The first kappa shape index (κ1) is 13.9. The molecule has 4 nitrogen and oxygen atoms in total. The van der Waals surface area contributed by atoms with E-state index in [1.807, 2.05) is 23.1 Å². The lowest BCUT2D eigenvalue weighted by Crippen LogP contribution is -2.49. The van der Waals surface area contributed by atoms with Gasteiger partial charge in [0, 0.05) is 32.7 Å². The molecule has 1 saturated heterocycles. The molecule has 1 N–H and O–H groups in total. The molecule has 0 atom stereocenters. The van der Waals surface area contributed by atoms with E-state index in [0.717, 1.165) is 32.7 Å². The normalized spacial score (nSPS) is 16.2. The number of piperazine rings is 1. The fourth-order valence-corrected chi connectivity index (χ4v) is 2.26. The van der Waals surface area contributed by atoms with Crippen LogP contribution in [0.2, 0.25) is 5.02 Å². The molecule has 2 amide bonds. The predicted molar refractivity (Wildman–Crippen MR) is 78.7 cm³/mol. The van der Waals surface area contributed by atoms with E-state index in [9.17, 15) is 4.79 Å². The van der Waals surface area contributed by atoms with Crippen LogP contribution in [0.15, 0.2) is 36.9 Å². The Morgan fingerprint density at radius 1 is 1.32 bits per heavy atom. The smallest absolute Gasteiger partial charge is 0.321 e. The molecule has 1 fully saturated rings. The highest BCUT2D eigenvalue weighted by Crippen LogP contribution is 2.20. The van der Waals surface area contributed by atoms with Crippen LogP contribution in [0, 0.1) is 0 Å². The summed E-state index contributed by atoms with van der Waals surface area (Å²) in [7, 11) is 0. The minimum absolute atomic E-state index is 0.0913. The fourth-order valence-electron chi connectivity index (χ4n) is 2.07. The van der Waals surface area contributed by atoms with E-state index in [2.05, 4.69) is 16.8 Å². The molecule has 0 spiro atoms. The first-order valence-electron chi connectivity index (χ1n) is 6.34. The van der Waals surface area contributed by atoms with Gasteiger partial charge in [0.25, 0.3) is 0 Å². The van der Waals surface area contributed by atoms with Crippen LogP contribution >= 0.6 is 11.6 Å². The highest BCUT2D eigenvalue weighted by Gasteiger charge is 2.20. The van der Waals surface area contributed by atoms with Gasteiger partial charge in [0.1, 0.15) is 0 Å². The Bertz CT molecular complexity index is 456. The van der Waals surface area contributed by atoms with E-state index in [1.165, 1.54) is 0 Å². The van der Waals surface area contributed by atoms with Crippen LogP contribution in [-0.2, 0) is 0 Å². The van der Waals surface area contributed by atoms with Crippen molar-refractivity contribution in [3.63, 3.8) is 0 Å². The van der Waals surface area contributed by atoms with Crippen molar-refractivity contribution in [2.24, 2.45) is 0 Å². The highest BCUT2D eigenvalue weighted by atomic mass is 35.5. The lowest BCUT2D eigenvalue weighted by Gasteiger charge is -2.34. The fraction of sp³-hybridized carbons (Fsp3) is 0.357. The monoisotopic (exact) mass is 279 g/mol. The Labute approximate surface area is 118 Å². The molecule has 1 aromatic rings. The molecule has 0 aromatic heterocycles.